The number of H-pyrrole nitrogens is 2. The van der Waals surface area contributed by atoms with Crippen molar-refractivity contribution >= 4 is 39.1 Å². The monoisotopic (exact) mass is 451 g/mol. The van der Waals surface area contributed by atoms with Gasteiger partial charge in [0.15, 0.2) is 11.5 Å². The molecule has 7 nitrogen and oxygen atoms in total. The van der Waals surface area contributed by atoms with Crippen LogP contribution in [0.4, 0.5) is 5.69 Å². The molecule has 0 bridgehead atoms. The van der Waals surface area contributed by atoms with Crippen LogP contribution in [0.3, 0.4) is 0 Å². The molecule has 0 saturated carbocycles. The van der Waals surface area contributed by atoms with Gasteiger partial charge >= 0.3 is 0 Å². The van der Waals surface area contributed by atoms with Gasteiger partial charge in [0.1, 0.15) is 5.52 Å². The molecule has 0 fully saturated rings. The highest BCUT2D eigenvalue weighted by Gasteiger charge is 2.17. The highest BCUT2D eigenvalue weighted by atomic mass is 32.1. The summed E-state index contributed by atoms with van der Waals surface area (Å²) in [7, 11) is 4.00. The third-order valence-electron chi connectivity index (χ3n) is 5.69. The smallest absolute Gasteiger partial charge is 0.161 e. The van der Waals surface area contributed by atoms with Crippen LogP contribution in [-0.2, 0) is 0 Å². The molecular weight excluding hydrogens is 430 g/mol. The van der Waals surface area contributed by atoms with E-state index in [1.165, 1.54) is 9.75 Å². The Morgan fingerprint density at radius 1 is 0.909 bits per heavy atom. The number of nitrogens with zero attached hydrogens (tertiary/aromatic N) is 5. The second kappa shape index (κ2) is 7.53. The molecule has 6 rings (SSSR count). The van der Waals surface area contributed by atoms with Crippen LogP contribution >= 0.6 is 11.3 Å². The number of nitrogens with one attached hydrogen (secondary N) is 2. The lowest BCUT2D eigenvalue weighted by atomic mass is 10.1. The minimum absolute atomic E-state index is 0.696. The summed E-state index contributed by atoms with van der Waals surface area (Å²) in [6.07, 6.45) is 3.67. The lowest BCUT2D eigenvalue weighted by molar-refractivity contribution is 1.10. The second-order valence-corrected chi connectivity index (χ2v) is 9.48. The van der Waals surface area contributed by atoms with Crippen molar-refractivity contribution in [2.45, 2.75) is 6.92 Å². The first-order chi connectivity index (χ1) is 16.1. The standard InChI is InChI=1S/C25H21N7S/c1-14-7-10-21(33-14)17-5-4-6-19-22(17)29-25(28-19)24-23-20(30-31-24)9-8-18(27-23)15-11-16(32(2)3)13-26-12-15/h4-13H,1-3H3,(H,28,29)(H,30,31). The molecule has 33 heavy (non-hydrogen) atoms. The molecule has 0 aliphatic carbocycles. The first kappa shape index (κ1) is 19.6. The van der Waals surface area contributed by atoms with Crippen LogP contribution in [0.25, 0.3) is 55.3 Å². The molecule has 8 heteroatoms. The SMILES string of the molecule is Cc1ccc(-c2cccc3[nH]c(-c4n[nH]c5ccc(-c6cncc(N(C)C)c6)nc45)nc23)s1. The molecule has 0 saturated heterocycles. The number of aryl methyl sites for hydroxylation is 1. The van der Waals surface area contributed by atoms with Gasteiger partial charge in [-0.1, -0.05) is 12.1 Å². The highest BCUT2D eigenvalue weighted by Crippen LogP contribution is 2.34. The Morgan fingerprint density at radius 2 is 1.82 bits per heavy atom. The zero-order chi connectivity index (χ0) is 22.5. The number of hydrogen-bond donors (Lipinski definition) is 2. The topological polar surface area (TPSA) is 86.4 Å². The molecule has 0 spiro atoms. The quantitative estimate of drug-likeness (QED) is 0.361. The molecule has 6 aromatic rings. The molecule has 0 aliphatic rings. The molecule has 0 aliphatic heterocycles. The molecule has 2 N–H and O–H groups in total. The zero-order valence-corrected chi connectivity index (χ0v) is 19.2. The summed E-state index contributed by atoms with van der Waals surface area (Å²) in [4.78, 5) is 22.2. The Bertz CT molecular complexity index is 1620. The van der Waals surface area contributed by atoms with E-state index >= 15 is 0 Å². The maximum atomic E-state index is 4.94. The van der Waals surface area contributed by atoms with E-state index in [0.717, 1.165) is 44.6 Å². The number of hydrogen-bond acceptors (Lipinski definition) is 6. The van der Waals surface area contributed by atoms with Gasteiger partial charge in [-0.05, 0) is 43.3 Å². The van der Waals surface area contributed by atoms with E-state index in [9.17, 15) is 0 Å². The first-order valence-electron chi connectivity index (χ1n) is 10.6. The maximum absolute atomic E-state index is 4.94. The molecule has 0 unspecified atom stereocenters. The molecule has 5 aromatic heterocycles. The van der Waals surface area contributed by atoms with E-state index in [0.29, 0.717) is 11.5 Å². The number of anilines is 1. The van der Waals surface area contributed by atoms with Crippen LogP contribution in [0.15, 0.2) is 60.9 Å². The average Bonchev–Trinajstić information content (AvgIpc) is 3.55. The number of aromatic amines is 2. The number of para-hydroxylation sites is 1. The summed E-state index contributed by atoms with van der Waals surface area (Å²) in [5.74, 6) is 0.696. The minimum Gasteiger partial charge on any atom is -0.376 e. The van der Waals surface area contributed by atoms with Gasteiger partial charge < -0.3 is 9.88 Å². The Kier molecular flexibility index (Phi) is 4.48. The predicted octanol–water partition coefficient (Wildman–Crippen LogP) is 5.67. The zero-order valence-electron chi connectivity index (χ0n) is 18.4. The first-order valence-corrected chi connectivity index (χ1v) is 11.4. The third kappa shape index (κ3) is 3.35. The maximum Gasteiger partial charge on any atom is 0.161 e. The summed E-state index contributed by atoms with van der Waals surface area (Å²) in [6, 6.07) is 16.6. The molecule has 0 radical (unpaired) electrons. The number of benzene rings is 1. The highest BCUT2D eigenvalue weighted by molar-refractivity contribution is 7.15. The fourth-order valence-corrected chi connectivity index (χ4v) is 4.85. The van der Waals surface area contributed by atoms with E-state index in [-0.39, 0.29) is 0 Å². The van der Waals surface area contributed by atoms with Crippen LogP contribution in [0.1, 0.15) is 4.88 Å². The summed E-state index contributed by atoms with van der Waals surface area (Å²) in [5, 5.41) is 7.64. The van der Waals surface area contributed by atoms with E-state index < -0.39 is 0 Å². The van der Waals surface area contributed by atoms with Gasteiger partial charge in [-0.15, -0.1) is 11.3 Å². The summed E-state index contributed by atoms with van der Waals surface area (Å²) < 4.78 is 0. The lowest BCUT2D eigenvalue weighted by Crippen LogP contribution is -2.08. The lowest BCUT2D eigenvalue weighted by Gasteiger charge is -2.12. The van der Waals surface area contributed by atoms with Crippen molar-refractivity contribution in [1.82, 2.24) is 30.1 Å². The van der Waals surface area contributed by atoms with Crippen molar-refractivity contribution in [3.05, 3.63) is 65.8 Å². The van der Waals surface area contributed by atoms with Crippen LogP contribution in [0.5, 0.6) is 0 Å². The van der Waals surface area contributed by atoms with Gasteiger partial charge in [0.05, 0.1) is 34.1 Å². The summed E-state index contributed by atoms with van der Waals surface area (Å²) >= 11 is 1.77. The molecule has 162 valence electrons. The van der Waals surface area contributed by atoms with Crippen LogP contribution < -0.4 is 4.90 Å². The van der Waals surface area contributed by atoms with Crippen molar-refractivity contribution < 1.29 is 0 Å². The van der Waals surface area contributed by atoms with Crippen LogP contribution in [0.2, 0.25) is 0 Å². The third-order valence-corrected chi connectivity index (χ3v) is 6.72. The Morgan fingerprint density at radius 3 is 2.64 bits per heavy atom. The number of aromatic nitrogens is 6. The van der Waals surface area contributed by atoms with Crippen molar-refractivity contribution in [3.8, 4) is 33.2 Å². The van der Waals surface area contributed by atoms with E-state index in [1.54, 1.807) is 11.3 Å². The Labute approximate surface area is 194 Å². The largest absolute Gasteiger partial charge is 0.376 e. The van der Waals surface area contributed by atoms with Crippen molar-refractivity contribution in [2.75, 3.05) is 19.0 Å². The van der Waals surface area contributed by atoms with Gasteiger partial charge in [-0.2, -0.15) is 5.10 Å². The van der Waals surface area contributed by atoms with Gasteiger partial charge in [0.25, 0.3) is 0 Å². The van der Waals surface area contributed by atoms with Crippen LogP contribution in [-0.4, -0.2) is 44.2 Å². The number of rotatable bonds is 4. The Balaban J connectivity index is 1.48. The number of imidazole rings is 1. The van der Waals surface area contributed by atoms with Crippen molar-refractivity contribution in [2.24, 2.45) is 0 Å². The van der Waals surface area contributed by atoms with Crippen molar-refractivity contribution in [3.63, 3.8) is 0 Å². The Hall–Kier alpha value is -4.04. The normalized spacial score (nSPS) is 11.5. The van der Waals surface area contributed by atoms with E-state index in [2.05, 4.69) is 57.4 Å². The molecular formula is C25H21N7S. The van der Waals surface area contributed by atoms with E-state index in [1.807, 2.05) is 49.6 Å². The number of pyridine rings is 2. The average molecular weight is 452 g/mol. The number of fused-ring (bicyclic) bond motifs is 2. The fourth-order valence-electron chi connectivity index (χ4n) is 3.96. The molecule has 1 aromatic carbocycles. The molecule has 0 atom stereocenters. The molecule has 0 amide bonds. The van der Waals surface area contributed by atoms with Crippen molar-refractivity contribution in [1.29, 1.82) is 0 Å². The van der Waals surface area contributed by atoms with Gasteiger partial charge in [0, 0.05) is 41.2 Å². The fraction of sp³-hybridized carbons (Fsp3) is 0.120. The molecule has 5 heterocycles. The van der Waals surface area contributed by atoms with E-state index in [4.69, 9.17) is 9.97 Å². The summed E-state index contributed by atoms with van der Waals surface area (Å²) in [5.41, 5.74) is 8.18. The van der Waals surface area contributed by atoms with Crippen LogP contribution in [0, 0.1) is 6.92 Å². The van der Waals surface area contributed by atoms with Gasteiger partial charge in [-0.3, -0.25) is 10.1 Å². The predicted molar refractivity (Wildman–Crippen MR) is 135 cm³/mol. The minimum atomic E-state index is 0.696. The summed E-state index contributed by atoms with van der Waals surface area (Å²) in [6.45, 7) is 2.12. The van der Waals surface area contributed by atoms with Gasteiger partial charge in [0.2, 0.25) is 0 Å². The van der Waals surface area contributed by atoms with Gasteiger partial charge in [-0.25, -0.2) is 9.97 Å². The second-order valence-electron chi connectivity index (χ2n) is 8.19. The number of thiophene rings is 1.